The smallest absolute Gasteiger partial charge is 0.416 e. The van der Waals surface area contributed by atoms with E-state index in [1.54, 1.807) is 0 Å². The number of hydrogen-bond donors (Lipinski definition) is 2. The Labute approximate surface area is 184 Å². The van der Waals surface area contributed by atoms with Crippen LogP contribution in [0.5, 0.6) is 5.75 Å². The normalized spacial score (nSPS) is 17.8. The first-order valence-electron chi connectivity index (χ1n) is 9.12. The quantitative estimate of drug-likeness (QED) is 0.622. The number of rotatable bonds is 6. The Morgan fingerprint density at radius 3 is 2.56 bits per heavy atom. The minimum absolute atomic E-state index is 0.0560. The Bertz CT molecular complexity index is 1050. The number of anilines is 1. The van der Waals surface area contributed by atoms with Crippen LogP contribution < -0.4 is 15.0 Å². The summed E-state index contributed by atoms with van der Waals surface area (Å²) in [5.41, 5.74) is -5.22. The Morgan fingerprint density at radius 2 is 1.94 bits per heavy atom. The number of nitrogens with one attached hydrogen (secondary N) is 1. The van der Waals surface area contributed by atoms with Crippen LogP contribution in [0.15, 0.2) is 36.4 Å². The van der Waals surface area contributed by atoms with Gasteiger partial charge in [-0.05, 0) is 30.3 Å². The number of alkyl carbamates (subject to hydrolysis) is 1. The van der Waals surface area contributed by atoms with Gasteiger partial charge in [0.05, 0.1) is 25.0 Å². The molecule has 0 bridgehead atoms. The maximum atomic E-state index is 16.5. The highest BCUT2D eigenvalue weighted by Crippen LogP contribution is 2.51. The summed E-state index contributed by atoms with van der Waals surface area (Å²) < 4.78 is 66.2. The lowest BCUT2D eigenvalue weighted by molar-refractivity contribution is -0.137. The van der Waals surface area contributed by atoms with Crippen LogP contribution in [0.3, 0.4) is 0 Å². The SMILES string of the molecule is COc1ccc(Cl)cc1C1(F)C(=O)N(COC(=O)NCCO)c2cc(C(F)(F)F)ccc21. The van der Waals surface area contributed by atoms with Crippen molar-refractivity contribution in [2.24, 2.45) is 0 Å². The molecule has 3 rings (SSSR count). The van der Waals surface area contributed by atoms with Crippen molar-refractivity contribution in [3.63, 3.8) is 0 Å². The molecule has 0 aromatic heterocycles. The van der Waals surface area contributed by atoms with E-state index in [4.69, 9.17) is 26.2 Å². The van der Waals surface area contributed by atoms with E-state index in [9.17, 15) is 22.8 Å². The number of methoxy groups -OCH3 is 1. The number of aliphatic hydroxyl groups is 1. The maximum absolute atomic E-state index is 16.5. The molecule has 0 aliphatic carbocycles. The van der Waals surface area contributed by atoms with Crippen LogP contribution in [0.1, 0.15) is 16.7 Å². The van der Waals surface area contributed by atoms with Gasteiger partial charge in [0.25, 0.3) is 5.91 Å². The first kappa shape index (κ1) is 23.6. The van der Waals surface area contributed by atoms with Crippen LogP contribution in [-0.4, -0.2) is 44.1 Å². The van der Waals surface area contributed by atoms with Crippen molar-refractivity contribution in [2.45, 2.75) is 11.8 Å². The summed E-state index contributed by atoms with van der Waals surface area (Å²) in [4.78, 5) is 25.4. The van der Waals surface area contributed by atoms with Gasteiger partial charge < -0.3 is 19.9 Å². The van der Waals surface area contributed by atoms with Gasteiger partial charge in [0.2, 0.25) is 5.67 Å². The minimum Gasteiger partial charge on any atom is -0.496 e. The fourth-order valence-corrected chi connectivity index (χ4v) is 3.48. The van der Waals surface area contributed by atoms with Crippen LogP contribution in [0.25, 0.3) is 0 Å². The summed E-state index contributed by atoms with van der Waals surface area (Å²) in [6.45, 7) is -1.43. The van der Waals surface area contributed by atoms with Crippen molar-refractivity contribution in [3.05, 3.63) is 58.1 Å². The molecule has 1 aliphatic rings. The van der Waals surface area contributed by atoms with Gasteiger partial charge in [0.15, 0.2) is 6.73 Å². The van der Waals surface area contributed by atoms with Crippen LogP contribution in [0.4, 0.5) is 28.0 Å². The Morgan fingerprint density at radius 1 is 1.22 bits per heavy atom. The lowest BCUT2D eigenvalue weighted by atomic mass is 9.88. The van der Waals surface area contributed by atoms with Crippen LogP contribution >= 0.6 is 11.6 Å². The molecule has 0 spiro atoms. The number of halogens is 5. The fourth-order valence-electron chi connectivity index (χ4n) is 3.30. The molecule has 1 atom stereocenters. The molecule has 0 saturated carbocycles. The van der Waals surface area contributed by atoms with E-state index >= 15 is 4.39 Å². The lowest BCUT2D eigenvalue weighted by Crippen LogP contribution is -2.41. The minimum atomic E-state index is -4.77. The van der Waals surface area contributed by atoms with Gasteiger partial charge in [-0.25, -0.2) is 9.18 Å². The number of nitrogens with zero attached hydrogens (tertiary/aromatic N) is 1. The summed E-state index contributed by atoms with van der Waals surface area (Å²) in [5, 5.41) is 10.9. The molecule has 2 amide bonds. The molecule has 0 radical (unpaired) electrons. The third-order valence-electron chi connectivity index (χ3n) is 4.77. The number of aliphatic hydroxyl groups excluding tert-OH is 1. The van der Waals surface area contributed by atoms with Crippen molar-refractivity contribution in [1.29, 1.82) is 0 Å². The standard InChI is InChI=1S/C20H17ClF4N2O5/c1-31-16-5-3-12(21)9-14(16)19(22)13-4-2-11(20(23,24)25)8-15(13)27(17(19)29)10-32-18(30)26-6-7-28/h2-5,8-9,28H,6-7,10H2,1H3,(H,26,30). The van der Waals surface area contributed by atoms with Crippen LogP contribution in [-0.2, 0) is 21.4 Å². The fraction of sp³-hybridized carbons (Fsp3) is 0.300. The predicted octanol–water partition coefficient (Wildman–Crippen LogP) is 3.60. The number of amides is 2. The van der Waals surface area contributed by atoms with Crippen LogP contribution in [0, 0.1) is 0 Å². The number of alkyl halides is 4. The van der Waals surface area contributed by atoms with Crippen LogP contribution in [0.2, 0.25) is 5.02 Å². The number of hydrogen-bond acceptors (Lipinski definition) is 5. The van der Waals surface area contributed by atoms with E-state index in [1.807, 2.05) is 0 Å². The predicted molar refractivity (Wildman–Crippen MR) is 105 cm³/mol. The third kappa shape index (κ3) is 4.17. The summed E-state index contributed by atoms with van der Waals surface area (Å²) in [6, 6.07) is 5.95. The van der Waals surface area contributed by atoms with Crippen molar-refractivity contribution in [2.75, 3.05) is 31.9 Å². The monoisotopic (exact) mass is 476 g/mol. The van der Waals surface area contributed by atoms with E-state index < -0.39 is 54.0 Å². The summed E-state index contributed by atoms with van der Waals surface area (Å²) in [7, 11) is 1.23. The zero-order valence-corrected chi connectivity index (χ0v) is 17.3. The first-order chi connectivity index (χ1) is 15.0. The van der Waals surface area contributed by atoms with E-state index in [-0.39, 0.29) is 22.9 Å². The number of ether oxygens (including phenoxy) is 2. The van der Waals surface area contributed by atoms with E-state index in [1.165, 1.54) is 19.2 Å². The van der Waals surface area contributed by atoms with Gasteiger partial charge in [0, 0.05) is 22.7 Å². The zero-order chi connectivity index (χ0) is 23.7. The van der Waals surface area contributed by atoms with Gasteiger partial charge in [-0.2, -0.15) is 13.2 Å². The third-order valence-corrected chi connectivity index (χ3v) is 5.00. The molecule has 172 valence electrons. The molecular formula is C20H17ClF4N2O5. The van der Waals surface area contributed by atoms with Crippen molar-refractivity contribution in [3.8, 4) is 5.75 Å². The molecule has 1 unspecified atom stereocenters. The summed E-state index contributed by atoms with van der Waals surface area (Å²) >= 11 is 5.97. The van der Waals surface area contributed by atoms with Gasteiger partial charge in [0.1, 0.15) is 5.75 Å². The van der Waals surface area contributed by atoms with Crippen molar-refractivity contribution in [1.82, 2.24) is 5.32 Å². The second-order valence-corrected chi connectivity index (χ2v) is 7.11. The zero-order valence-electron chi connectivity index (χ0n) is 16.5. The molecule has 1 aliphatic heterocycles. The summed E-state index contributed by atoms with van der Waals surface area (Å²) in [6.07, 6.45) is -5.82. The second kappa shape index (κ2) is 8.83. The molecule has 12 heteroatoms. The summed E-state index contributed by atoms with van der Waals surface area (Å²) in [5.74, 6) is -1.35. The van der Waals surface area contributed by atoms with Crippen molar-refractivity contribution >= 4 is 29.3 Å². The Kier molecular flexibility index (Phi) is 6.51. The molecule has 0 fully saturated rings. The van der Waals surface area contributed by atoms with Gasteiger partial charge in [-0.1, -0.05) is 17.7 Å². The Hall–Kier alpha value is -3.05. The van der Waals surface area contributed by atoms with Gasteiger partial charge in [-0.15, -0.1) is 0 Å². The largest absolute Gasteiger partial charge is 0.496 e. The highest BCUT2D eigenvalue weighted by Gasteiger charge is 2.55. The molecular weight excluding hydrogens is 460 g/mol. The number of fused-ring (bicyclic) bond motifs is 1. The number of benzene rings is 2. The van der Waals surface area contributed by atoms with E-state index in [2.05, 4.69) is 5.32 Å². The number of carbonyl (C=O) groups is 2. The highest BCUT2D eigenvalue weighted by atomic mass is 35.5. The molecule has 2 N–H and O–H groups in total. The van der Waals surface area contributed by atoms with E-state index in [0.29, 0.717) is 17.0 Å². The lowest BCUT2D eigenvalue weighted by Gasteiger charge is -2.23. The molecule has 32 heavy (non-hydrogen) atoms. The average molecular weight is 477 g/mol. The number of carbonyl (C=O) groups excluding carboxylic acids is 2. The topological polar surface area (TPSA) is 88.1 Å². The molecule has 0 saturated heterocycles. The molecule has 2 aromatic carbocycles. The highest BCUT2D eigenvalue weighted by molar-refractivity contribution is 6.30. The van der Waals surface area contributed by atoms with Gasteiger partial charge in [-0.3, -0.25) is 9.69 Å². The average Bonchev–Trinajstić information content (AvgIpc) is 2.97. The second-order valence-electron chi connectivity index (χ2n) is 6.68. The first-order valence-corrected chi connectivity index (χ1v) is 9.50. The molecule has 7 nitrogen and oxygen atoms in total. The van der Waals surface area contributed by atoms with E-state index in [0.717, 1.165) is 12.1 Å². The Balaban J connectivity index is 2.11. The molecule has 1 heterocycles. The van der Waals surface area contributed by atoms with Crippen molar-refractivity contribution < 1.29 is 41.7 Å². The molecule has 2 aromatic rings. The van der Waals surface area contributed by atoms with Gasteiger partial charge >= 0.3 is 12.3 Å². The maximum Gasteiger partial charge on any atom is 0.416 e.